The number of carboxylic acids is 1. The first-order valence-corrected chi connectivity index (χ1v) is 7.28. The van der Waals surface area contributed by atoms with Crippen LogP contribution in [0.2, 0.25) is 0 Å². The van der Waals surface area contributed by atoms with Crippen molar-refractivity contribution in [1.29, 1.82) is 0 Å². The summed E-state index contributed by atoms with van der Waals surface area (Å²) in [6, 6.07) is 0. The standard InChI is InChI=1S/C14H22O2.C3H4O2/c1-9(2)12(15)16-11-8-10-6-7-14(11,5)13(10,3)4;1-2-3(4)5/h10-11H,1,6-8H2,2-5H3;2H,1H2,(H,4,5). The predicted octanol–water partition coefficient (Wildman–Crippen LogP) is 3.58. The molecule has 0 saturated heterocycles. The Morgan fingerprint density at radius 2 is 1.86 bits per heavy atom. The van der Waals surface area contributed by atoms with E-state index in [9.17, 15) is 9.59 Å². The molecule has 0 heterocycles. The lowest BCUT2D eigenvalue weighted by Crippen LogP contribution is -2.38. The monoisotopic (exact) mass is 294 g/mol. The lowest BCUT2D eigenvalue weighted by molar-refractivity contribution is -0.151. The first-order chi connectivity index (χ1) is 9.56. The summed E-state index contributed by atoms with van der Waals surface area (Å²) in [7, 11) is 0. The molecule has 2 bridgehead atoms. The number of carbonyl (C=O) groups is 2. The van der Waals surface area contributed by atoms with Crippen LogP contribution in [-0.2, 0) is 14.3 Å². The summed E-state index contributed by atoms with van der Waals surface area (Å²) in [5.41, 5.74) is 0.958. The van der Waals surface area contributed by atoms with Crippen molar-refractivity contribution in [2.45, 2.75) is 53.1 Å². The number of carbonyl (C=O) groups excluding carboxylic acids is 1. The molecule has 0 spiro atoms. The molecule has 0 aliphatic heterocycles. The maximum absolute atomic E-state index is 11.6. The fraction of sp³-hybridized carbons (Fsp3) is 0.647. The minimum absolute atomic E-state index is 0.0884. The second-order valence-electron chi connectivity index (χ2n) is 6.83. The summed E-state index contributed by atoms with van der Waals surface area (Å²) in [4.78, 5) is 20.9. The normalized spacial score (nSPS) is 31.8. The van der Waals surface area contributed by atoms with Crippen molar-refractivity contribution in [3.63, 3.8) is 0 Å². The van der Waals surface area contributed by atoms with Crippen molar-refractivity contribution >= 4 is 11.9 Å². The number of hydrogen-bond acceptors (Lipinski definition) is 3. The minimum Gasteiger partial charge on any atom is -0.478 e. The number of fused-ring (bicyclic) bond motifs is 2. The van der Waals surface area contributed by atoms with Crippen molar-refractivity contribution in [1.82, 2.24) is 0 Å². The molecule has 4 nitrogen and oxygen atoms in total. The minimum atomic E-state index is -0.981. The first-order valence-electron chi connectivity index (χ1n) is 7.28. The molecule has 2 aliphatic rings. The van der Waals surface area contributed by atoms with Gasteiger partial charge in [0.15, 0.2) is 0 Å². The van der Waals surface area contributed by atoms with Crippen LogP contribution in [0.4, 0.5) is 0 Å². The number of aliphatic carboxylic acids is 1. The molecule has 3 atom stereocenters. The molecule has 4 heteroatoms. The van der Waals surface area contributed by atoms with Gasteiger partial charge in [-0.2, -0.15) is 0 Å². The van der Waals surface area contributed by atoms with Crippen LogP contribution >= 0.6 is 0 Å². The zero-order valence-corrected chi connectivity index (χ0v) is 13.4. The number of carboxylic acid groups (broad SMARTS) is 1. The molecule has 0 aromatic carbocycles. The third-order valence-electron chi connectivity index (χ3n) is 5.49. The maximum Gasteiger partial charge on any atom is 0.333 e. The fourth-order valence-electron chi connectivity index (χ4n) is 3.54. The number of rotatable bonds is 3. The lowest BCUT2D eigenvalue weighted by Gasteiger charge is -2.38. The molecular formula is C17H26O4. The molecule has 0 aromatic heterocycles. The van der Waals surface area contributed by atoms with Gasteiger partial charge >= 0.3 is 11.9 Å². The van der Waals surface area contributed by atoms with Crippen molar-refractivity contribution in [3.05, 3.63) is 24.8 Å². The van der Waals surface area contributed by atoms with Crippen molar-refractivity contribution < 1.29 is 19.4 Å². The molecular weight excluding hydrogens is 268 g/mol. The Balaban J connectivity index is 0.000000383. The Labute approximate surface area is 126 Å². The van der Waals surface area contributed by atoms with Crippen molar-refractivity contribution in [2.75, 3.05) is 0 Å². The van der Waals surface area contributed by atoms with Crippen LogP contribution in [0, 0.1) is 16.7 Å². The summed E-state index contributed by atoms with van der Waals surface area (Å²) in [5, 5.41) is 7.60. The van der Waals surface area contributed by atoms with Crippen LogP contribution < -0.4 is 0 Å². The quantitative estimate of drug-likeness (QED) is 0.638. The number of hydrogen-bond donors (Lipinski definition) is 1. The van der Waals surface area contributed by atoms with Crippen molar-refractivity contribution in [3.8, 4) is 0 Å². The molecule has 2 aliphatic carbocycles. The van der Waals surface area contributed by atoms with Gasteiger partial charge in [-0.3, -0.25) is 0 Å². The summed E-state index contributed by atoms with van der Waals surface area (Å²) in [6.07, 6.45) is 4.41. The van der Waals surface area contributed by atoms with Gasteiger partial charge in [0.25, 0.3) is 0 Å². The van der Waals surface area contributed by atoms with Crippen LogP contribution in [0.15, 0.2) is 24.8 Å². The van der Waals surface area contributed by atoms with Gasteiger partial charge in [-0.15, -0.1) is 0 Å². The number of esters is 1. The van der Waals surface area contributed by atoms with Gasteiger partial charge in [0.05, 0.1) is 0 Å². The first kappa shape index (κ1) is 17.5. The zero-order chi connectivity index (χ0) is 16.4. The van der Waals surface area contributed by atoms with Crippen molar-refractivity contribution in [2.24, 2.45) is 16.7 Å². The average molecular weight is 294 g/mol. The Morgan fingerprint density at radius 1 is 1.33 bits per heavy atom. The van der Waals surface area contributed by atoms with E-state index in [1.165, 1.54) is 12.8 Å². The van der Waals surface area contributed by atoms with E-state index < -0.39 is 5.97 Å². The summed E-state index contributed by atoms with van der Waals surface area (Å²) in [5.74, 6) is -0.500. The van der Waals surface area contributed by atoms with Gasteiger partial charge in [0.2, 0.25) is 0 Å². The van der Waals surface area contributed by atoms with Gasteiger partial charge in [0, 0.05) is 17.1 Å². The van der Waals surface area contributed by atoms with E-state index in [4.69, 9.17) is 9.84 Å². The third-order valence-corrected chi connectivity index (χ3v) is 5.49. The van der Waals surface area contributed by atoms with Crippen LogP contribution in [0.5, 0.6) is 0 Å². The largest absolute Gasteiger partial charge is 0.478 e. The van der Waals surface area contributed by atoms with Crippen LogP contribution in [-0.4, -0.2) is 23.1 Å². The highest BCUT2D eigenvalue weighted by Crippen LogP contribution is 2.66. The highest BCUT2D eigenvalue weighted by atomic mass is 16.5. The summed E-state index contributed by atoms with van der Waals surface area (Å²) in [6.45, 7) is 15.2. The van der Waals surface area contributed by atoms with E-state index >= 15 is 0 Å². The van der Waals surface area contributed by atoms with E-state index in [0.717, 1.165) is 12.5 Å². The molecule has 2 saturated carbocycles. The molecule has 2 fully saturated rings. The SMILES string of the molecule is C=C(C)C(=O)OC1CC2CCC1(C)C2(C)C.C=CC(=O)O. The molecule has 0 amide bonds. The third kappa shape index (κ3) is 3.20. The molecule has 0 aromatic rings. The Kier molecular flexibility index (Phi) is 5.03. The van der Waals surface area contributed by atoms with Gasteiger partial charge in [-0.1, -0.05) is 33.9 Å². The Hall–Kier alpha value is -1.58. The van der Waals surface area contributed by atoms with E-state index in [2.05, 4.69) is 33.9 Å². The molecule has 1 N–H and O–H groups in total. The Bertz CT molecular complexity index is 463. The van der Waals surface area contributed by atoms with Gasteiger partial charge in [-0.25, -0.2) is 9.59 Å². The summed E-state index contributed by atoms with van der Waals surface area (Å²) < 4.78 is 5.61. The van der Waals surface area contributed by atoms with E-state index in [1.54, 1.807) is 6.92 Å². The fourth-order valence-corrected chi connectivity index (χ4v) is 3.54. The second kappa shape index (κ2) is 6.04. The van der Waals surface area contributed by atoms with Gasteiger partial charge in [0.1, 0.15) is 6.10 Å². The van der Waals surface area contributed by atoms with Gasteiger partial charge < -0.3 is 9.84 Å². The van der Waals surface area contributed by atoms with Gasteiger partial charge in [-0.05, 0) is 37.5 Å². The van der Waals surface area contributed by atoms with Crippen LogP contribution in [0.1, 0.15) is 47.0 Å². The van der Waals surface area contributed by atoms with E-state index in [0.29, 0.717) is 16.9 Å². The molecule has 2 rings (SSSR count). The average Bonchev–Trinajstić information content (AvgIpc) is 2.72. The topological polar surface area (TPSA) is 63.6 Å². The summed E-state index contributed by atoms with van der Waals surface area (Å²) >= 11 is 0. The highest BCUT2D eigenvalue weighted by molar-refractivity contribution is 5.87. The Morgan fingerprint density at radius 3 is 2.14 bits per heavy atom. The second-order valence-corrected chi connectivity index (χ2v) is 6.83. The highest BCUT2D eigenvalue weighted by Gasteiger charge is 2.62. The molecule has 3 unspecified atom stereocenters. The molecule has 0 radical (unpaired) electrons. The molecule has 21 heavy (non-hydrogen) atoms. The maximum atomic E-state index is 11.6. The predicted molar refractivity (Wildman–Crippen MR) is 81.8 cm³/mol. The zero-order valence-electron chi connectivity index (χ0n) is 13.4. The van der Waals surface area contributed by atoms with E-state index in [1.807, 2.05) is 0 Å². The van der Waals surface area contributed by atoms with Crippen LogP contribution in [0.25, 0.3) is 0 Å². The lowest BCUT2D eigenvalue weighted by atomic mass is 9.70. The van der Waals surface area contributed by atoms with E-state index in [-0.39, 0.29) is 17.5 Å². The van der Waals surface area contributed by atoms with Crippen LogP contribution in [0.3, 0.4) is 0 Å². The number of ether oxygens (including phenoxy) is 1. The smallest absolute Gasteiger partial charge is 0.333 e. The molecule has 118 valence electrons.